The van der Waals surface area contributed by atoms with Gasteiger partial charge in [-0.2, -0.15) is 0 Å². The van der Waals surface area contributed by atoms with Crippen molar-refractivity contribution in [3.63, 3.8) is 0 Å². The van der Waals surface area contributed by atoms with Crippen LogP contribution in [-0.4, -0.2) is 49.7 Å². The highest BCUT2D eigenvalue weighted by Crippen LogP contribution is 2.51. The standard InChI is InChI=1S/C27H28N8O2/c1-3-34-23(18-12-28-15(2)29-13-18)33-22-21(30-14-31-24(22)34)17-7-8-20-19(11-17)27(26(37)32-20)9-4-10-35(27)25(36)16-5-6-16/h7-8,11-14,16,23,33H,3-6,9-10H2,1-2H3,(H,32,37). The van der Waals surface area contributed by atoms with Gasteiger partial charge in [0.05, 0.1) is 5.69 Å². The lowest BCUT2D eigenvalue weighted by Crippen LogP contribution is -2.50. The molecule has 1 saturated carbocycles. The van der Waals surface area contributed by atoms with E-state index < -0.39 is 5.54 Å². The molecule has 7 rings (SSSR count). The summed E-state index contributed by atoms with van der Waals surface area (Å²) >= 11 is 0. The maximum atomic E-state index is 13.4. The average Bonchev–Trinajstić information content (AvgIpc) is 3.46. The summed E-state index contributed by atoms with van der Waals surface area (Å²) in [5.74, 6) is 1.60. The third kappa shape index (κ3) is 3.17. The minimum absolute atomic E-state index is 0.0621. The van der Waals surface area contributed by atoms with Gasteiger partial charge in [0, 0.05) is 53.8 Å². The minimum Gasteiger partial charge on any atom is -0.357 e. The third-order valence-electron chi connectivity index (χ3n) is 8.09. The quantitative estimate of drug-likeness (QED) is 0.565. The number of fused-ring (bicyclic) bond motifs is 3. The SMILES string of the molecule is CCN1c2ncnc(-c3ccc4c(c3)C3(CCCN3C(=O)C3CC3)C(=O)N4)c2NC1c1cnc(C)nc1. The molecule has 10 nitrogen and oxygen atoms in total. The second kappa shape index (κ2) is 7.96. The van der Waals surface area contributed by atoms with E-state index in [9.17, 15) is 9.59 Å². The van der Waals surface area contributed by atoms with E-state index in [-0.39, 0.29) is 23.9 Å². The summed E-state index contributed by atoms with van der Waals surface area (Å²) in [7, 11) is 0. The molecule has 2 aromatic heterocycles. The Labute approximate surface area is 214 Å². The van der Waals surface area contributed by atoms with Crippen LogP contribution in [0.25, 0.3) is 11.3 Å². The highest BCUT2D eigenvalue weighted by atomic mass is 16.2. The number of amides is 2. The van der Waals surface area contributed by atoms with E-state index >= 15 is 0 Å². The summed E-state index contributed by atoms with van der Waals surface area (Å²) in [4.78, 5) is 48.6. The van der Waals surface area contributed by atoms with Crippen LogP contribution in [0.2, 0.25) is 0 Å². The molecule has 4 aliphatic rings. The number of anilines is 3. The van der Waals surface area contributed by atoms with Gasteiger partial charge in [0.2, 0.25) is 5.91 Å². The molecule has 2 N–H and O–H groups in total. The Kier molecular flexibility index (Phi) is 4.76. The van der Waals surface area contributed by atoms with Gasteiger partial charge >= 0.3 is 0 Å². The Morgan fingerprint density at radius 1 is 1.16 bits per heavy atom. The number of benzene rings is 1. The van der Waals surface area contributed by atoms with Crippen molar-refractivity contribution in [2.75, 3.05) is 28.6 Å². The first-order chi connectivity index (χ1) is 18.0. The number of carbonyl (C=O) groups excluding carboxylic acids is 2. The second-order valence-electron chi connectivity index (χ2n) is 10.3. The molecule has 188 valence electrons. The number of rotatable bonds is 4. The lowest BCUT2D eigenvalue weighted by atomic mass is 9.86. The van der Waals surface area contributed by atoms with E-state index in [0.717, 1.165) is 71.2 Å². The number of hydrogen-bond acceptors (Lipinski definition) is 8. The van der Waals surface area contributed by atoms with E-state index in [1.807, 2.05) is 42.4 Å². The molecule has 1 aliphatic carbocycles. The van der Waals surface area contributed by atoms with Gasteiger partial charge < -0.3 is 20.4 Å². The van der Waals surface area contributed by atoms with Crippen molar-refractivity contribution in [2.45, 2.75) is 51.2 Å². The number of nitrogens with zero attached hydrogens (tertiary/aromatic N) is 6. The fraction of sp³-hybridized carbons (Fsp3) is 0.407. The van der Waals surface area contributed by atoms with Gasteiger partial charge in [-0.15, -0.1) is 0 Å². The highest BCUT2D eigenvalue weighted by molar-refractivity contribution is 6.09. The van der Waals surface area contributed by atoms with Crippen LogP contribution in [-0.2, 0) is 15.1 Å². The molecule has 3 aliphatic heterocycles. The molecule has 5 heterocycles. The van der Waals surface area contributed by atoms with Crippen molar-refractivity contribution in [3.05, 3.63) is 53.9 Å². The number of aromatic nitrogens is 4. The van der Waals surface area contributed by atoms with Gasteiger partial charge in [0.1, 0.15) is 29.5 Å². The molecule has 1 spiro atoms. The van der Waals surface area contributed by atoms with Crippen molar-refractivity contribution in [3.8, 4) is 11.3 Å². The fourth-order valence-corrected chi connectivity index (χ4v) is 6.10. The molecule has 0 bridgehead atoms. The molecule has 10 heteroatoms. The molecule has 2 unspecified atom stereocenters. The van der Waals surface area contributed by atoms with Crippen molar-refractivity contribution < 1.29 is 9.59 Å². The summed E-state index contributed by atoms with van der Waals surface area (Å²) in [5, 5.41) is 6.65. The van der Waals surface area contributed by atoms with Gasteiger partial charge in [-0.25, -0.2) is 19.9 Å². The molecule has 2 amide bonds. The Balaban J connectivity index is 1.31. The van der Waals surface area contributed by atoms with Gasteiger partial charge in [-0.1, -0.05) is 6.07 Å². The number of likely N-dealkylation sites (tertiary alicyclic amines) is 1. The first-order valence-corrected chi connectivity index (χ1v) is 13.0. The summed E-state index contributed by atoms with van der Waals surface area (Å²) in [6, 6.07) is 5.94. The van der Waals surface area contributed by atoms with Crippen molar-refractivity contribution in [1.82, 2.24) is 24.8 Å². The third-order valence-corrected chi connectivity index (χ3v) is 8.09. The molecule has 37 heavy (non-hydrogen) atoms. The first kappa shape index (κ1) is 22.1. The minimum atomic E-state index is -0.939. The van der Waals surface area contributed by atoms with Crippen molar-refractivity contribution in [2.24, 2.45) is 5.92 Å². The monoisotopic (exact) mass is 496 g/mol. The molecule has 2 atom stereocenters. The summed E-state index contributed by atoms with van der Waals surface area (Å²) in [6.45, 7) is 5.30. The molecule has 1 saturated heterocycles. The molecule has 3 aromatic rings. The maximum absolute atomic E-state index is 13.4. The van der Waals surface area contributed by atoms with Crippen LogP contribution in [0, 0.1) is 12.8 Å². The average molecular weight is 497 g/mol. The van der Waals surface area contributed by atoms with Crippen LogP contribution in [0.15, 0.2) is 36.9 Å². The largest absolute Gasteiger partial charge is 0.357 e. The van der Waals surface area contributed by atoms with Crippen LogP contribution >= 0.6 is 0 Å². The number of nitrogens with one attached hydrogen (secondary N) is 2. The number of hydrogen-bond donors (Lipinski definition) is 2. The second-order valence-corrected chi connectivity index (χ2v) is 10.3. The van der Waals surface area contributed by atoms with Crippen LogP contribution in [0.4, 0.5) is 17.2 Å². The van der Waals surface area contributed by atoms with E-state index in [4.69, 9.17) is 0 Å². The predicted molar refractivity (Wildman–Crippen MR) is 138 cm³/mol. The van der Waals surface area contributed by atoms with Gasteiger partial charge in [0.25, 0.3) is 5.91 Å². The Morgan fingerprint density at radius 3 is 2.73 bits per heavy atom. The lowest BCUT2D eigenvalue weighted by Gasteiger charge is -2.33. The van der Waals surface area contributed by atoms with E-state index in [1.54, 1.807) is 6.33 Å². The Bertz CT molecular complexity index is 1440. The summed E-state index contributed by atoms with van der Waals surface area (Å²) in [5.41, 5.74) is 4.11. The summed E-state index contributed by atoms with van der Waals surface area (Å²) < 4.78 is 0. The predicted octanol–water partition coefficient (Wildman–Crippen LogP) is 3.37. The molecule has 2 fully saturated rings. The Morgan fingerprint density at radius 2 is 1.97 bits per heavy atom. The fourth-order valence-electron chi connectivity index (χ4n) is 6.10. The van der Waals surface area contributed by atoms with Crippen molar-refractivity contribution in [1.29, 1.82) is 0 Å². The Hall–Kier alpha value is -4.08. The molecule has 1 aromatic carbocycles. The van der Waals surface area contributed by atoms with Crippen LogP contribution in [0.5, 0.6) is 0 Å². The zero-order valence-electron chi connectivity index (χ0n) is 20.9. The lowest BCUT2D eigenvalue weighted by molar-refractivity contribution is -0.143. The van der Waals surface area contributed by atoms with Crippen LogP contribution in [0.3, 0.4) is 0 Å². The first-order valence-electron chi connectivity index (χ1n) is 13.0. The topological polar surface area (TPSA) is 116 Å². The van der Waals surface area contributed by atoms with Gasteiger partial charge in [0.15, 0.2) is 5.82 Å². The zero-order chi connectivity index (χ0) is 25.3. The zero-order valence-corrected chi connectivity index (χ0v) is 20.9. The highest BCUT2D eigenvalue weighted by Gasteiger charge is 2.57. The van der Waals surface area contributed by atoms with E-state index in [1.165, 1.54) is 0 Å². The van der Waals surface area contributed by atoms with Gasteiger partial charge in [-0.05, 0) is 51.7 Å². The normalized spacial score (nSPS) is 23.7. The van der Waals surface area contributed by atoms with Crippen LogP contribution < -0.4 is 15.5 Å². The number of carbonyl (C=O) groups is 2. The molecule has 0 radical (unpaired) electrons. The van der Waals surface area contributed by atoms with Crippen LogP contribution in [0.1, 0.15) is 55.7 Å². The number of aryl methyl sites for hydroxylation is 1. The maximum Gasteiger partial charge on any atom is 0.255 e. The molecular weight excluding hydrogens is 468 g/mol. The smallest absolute Gasteiger partial charge is 0.255 e. The van der Waals surface area contributed by atoms with E-state index in [2.05, 4.69) is 42.4 Å². The van der Waals surface area contributed by atoms with Gasteiger partial charge in [-0.3, -0.25) is 9.59 Å². The molecular formula is C27H28N8O2. The summed E-state index contributed by atoms with van der Waals surface area (Å²) in [6.07, 6.45) is 8.37. The van der Waals surface area contributed by atoms with Crippen molar-refractivity contribution >= 4 is 29.0 Å². The van der Waals surface area contributed by atoms with E-state index in [0.29, 0.717) is 13.0 Å².